The van der Waals surface area contributed by atoms with E-state index in [2.05, 4.69) is 5.32 Å². The summed E-state index contributed by atoms with van der Waals surface area (Å²) < 4.78 is 4.84. The zero-order valence-corrected chi connectivity index (χ0v) is 11.4. The minimum Gasteiger partial charge on any atom is -0.452 e. The van der Waals surface area contributed by atoms with E-state index in [1.54, 1.807) is 18.2 Å². The molecule has 0 unspecified atom stereocenters. The highest BCUT2D eigenvalue weighted by atomic mass is 32.1. The van der Waals surface area contributed by atoms with Crippen molar-refractivity contribution < 1.29 is 14.3 Å². The number of hydrogen-bond donors (Lipinski definition) is 1. The molecule has 102 valence electrons. The molecule has 4 nitrogen and oxygen atoms in total. The zero-order chi connectivity index (χ0) is 14.2. The molecule has 0 bridgehead atoms. The van der Waals surface area contributed by atoms with E-state index in [0.717, 1.165) is 4.88 Å². The Balaban J connectivity index is 1.74. The van der Waals surface area contributed by atoms with E-state index in [9.17, 15) is 9.59 Å². The van der Waals surface area contributed by atoms with E-state index in [1.165, 1.54) is 17.4 Å². The molecule has 1 amide bonds. The van der Waals surface area contributed by atoms with E-state index in [1.807, 2.05) is 35.7 Å². The van der Waals surface area contributed by atoms with Crippen molar-refractivity contribution in [3.05, 3.63) is 58.8 Å². The summed E-state index contributed by atoms with van der Waals surface area (Å²) in [6.07, 6.45) is 2.96. The maximum absolute atomic E-state index is 11.5. The zero-order valence-electron chi connectivity index (χ0n) is 10.6. The Hall–Kier alpha value is -2.40. The number of esters is 1. The summed E-state index contributed by atoms with van der Waals surface area (Å²) in [5, 5.41) is 4.54. The van der Waals surface area contributed by atoms with Crippen LogP contribution in [0.15, 0.2) is 53.9 Å². The number of ether oxygens (including phenoxy) is 1. The lowest BCUT2D eigenvalue weighted by Gasteiger charge is -2.04. The second kappa shape index (κ2) is 7.25. The molecule has 1 N–H and O–H groups in total. The van der Waals surface area contributed by atoms with E-state index in [-0.39, 0.29) is 12.5 Å². The number of amides is 1. The van der Waals surface area contributed by atoms with Crippen molar-refractivity contribution in [1.29, 1.82) is 0 Å². The van der Waals surface area contributed by atoms with Gasteiger partial charge in [-0.1, -0.05) is 24.3 Å². The molecule has 0 aliphatic heterocycles. The van der Waals surface area contributed by atoms with E-state index < -0.39 is 5.97 Å². The van der Waals surface area contributed by atoms with Crippen LogP contribution >= 0.6 is 11.3 Å². The first-order valence-electron chi connectivity index (χ1n) is 5.97. The van der Waals surface area contributed by atoms with Gasteiger partial charge in [0.05, 0.1) is 0 Å². The van der Waals surface area contributed by atoms with Crippen LogP contribution in [0.3, 0.4) is 0 Å². The normalized spacial score (nSPS) is 10.4. The van der Waals surface area contributed by atoms with E-state index >= 15 is 0 Å². The monoisotopic (exact) mass is 287 g/mol. The first-order chi connectivity index (χ1) is 9.74. The van der Waals surface area contributed by atoms with Crippen molar-refractivity contribution >= 4 is 35.0 Å². The Morgan fingerprint density at radius 2 is 1.95 bits per heavy atom. The number of benzene rings is 1. The Labute approximate surface area is 120 Å². The van der Waals surface area contributed by atoms with Crippen molar-refractivity contribution in [2.75, 3.05) is 11.9 Å². The van der Waals surface area contributed by atoms with Crippen LogP contribution in [-0.2, 0) is 14.3 Å². The fraction of sp³-hybridized carbons (Fsp3) is 0.0667. The molecule has 2 aromatic rings. The molecule has 0 saturated carbocycles. The van der Waals surface area contributed by atoms with Crippen molar-refractivity contribution in [1.82, 2.24) is 0 Å². The van der Waals surface area contributed by atoms with Crippen molar-refractivity contribution in [3.8, 4) is 0 Å². The number of carbonyl (C=O) groups excluding carboxylic acids is 2. The minimum absolute atomic E-state index is 0.303. The quantitative estimate of drug-likeness (QED) is 0.679. The minimum atomic E-state index is -0.540. The first-order valence-corrected chi connectivity index (χ1v) is 6.85. The predicted octanol–water partition coefficient (Wildman–Crippen LogP) is 2.94. The Morgan fingerprint density at radius 3 is 2.65 bits per heavy atom. The van der Waals surface area contributed by atoms with Gasteiger partial charge in [0.25, 0.3) is 5.91 Å². The van der Waals surface area contributed by atoms with Gasteiger partial charge in [0.2, 0.25) is 0 Å². The fourth-order valence-electron chi connectivity index (χ4n) is 1.44. The maximum atomic E-state index is 11.5. The number of hydrogen-bond acceptors (Lipinski definition) is 4. The van der Waals surface area contributed by atoms with Gasteiger partial charge in [0.15, 0.2) is 6.61 Å². The molecule has 0 radical (unpaired) electrons. The summed E-state index contributed by atoms with van der Waals surface area (Å²) in [6.45, 7) is -0.303. The van der Waals surface area contributed by atoms with Crippen LogP contribution in [0.5, 0.6) is 0 Å². The number of para-hydroxylation sites is 1. The summed E-state index contributed by atoms with van der Waals surface area (Å²) in [5.41, 5.74) is 0.669. The maximum Gasteiger partial charge on any atom is 0.331 e. The van der Waals surface area contributed by atoms with Crippen LogP contribution in [-0.4, -0.2) is 18.5 Å². The smallest absolute Gasteiger partial charge is 0.331 e. The van der Waals surface area contributed by atoms with E-state index in [4.69, 9.17) is 4.74 Å². The summed E-state index contributed by atoms with van der Waals surface area (Å²) in [5.74, 6) is -0.907. The molecule has 5 heteroatoms. The highest BCUT2D eigenvalue weighted by Crippen LogP contribution is 2.10. The number of carbonyl (C=O) groups is 2. The lowest BCUT2D eigenvalue weighted by molar-refractivity contribution is -0.142. The van der Waals surface area contributed by atoms with Crippen LogP contribution in [0.4, 0.5) is 5.69 Å². The van der Waals surface area contributed by atoms with Gasteiger partial charge < -0.3 is 10.1 Å². The summed E-state index contributed by atoms with van der Waals surface area (Å²) in [6, 6.07) is 12.8. The van der Waals surface area contributed by atoms with Crippen LogP contribution in [0.25, 0.3) is 6.08 Å². The number of nitrogens with one attached hydrogen (secondary N) is 1. The number of thiophene rings is 1. The second-order valence-corrected chi connectivity index (χ2v) is 4.85. The van der Waals surface area contributed by atoms with Gasteiger partial charge in [0, 0.05) is 16.6 Å². The fourth-order valence-corrected chi connectivity index (χ4v) is 2.06. The van der Waals surface area contributed by atoms with E-state index in [0.29, 0.717) is 5.69 Å². The molecular formula is C15H13NO3S. The molecule has 1 aromatic carbocycles. The van der Waals surface area contributed by atoms with Crippen molar-refractivity contribution in [3.63, 3.8) is 0 Å². The molecule has 0 aliphatic carbocycles. The van der Waals surface area contributed by atoms with Gasteiger partial charge in [-0.3, -0.25) is 4.79 Å². The highest BCUT2D eigenvalue weighted by molar-refractivity contribution is 7.10. The standard InChI is InChI=1S/C15H13NO3S/c17-14(16-12-5-2-1-3-6-12)11-19-15(18)9-8-13-7-4-10-20-13/h1-10H,11H2,(H,16,17). The predicted molar refractivity (Wildman–Crippen MR) is 79.4 cm³/mol. The van der Waals surface area contributed by atoms with Gasteiger partial charge >= 0.3 is 5.97 Å². The number of anilines is 1. The molecule has 1 aromatic heterocycles. The molecule has 0 aliphatic rings. The molecule has 0 fully saturated rings. The topological polar surface area (TPSA) is 55.4 Å². The molecule has 0 spiro atoms. The SMILES string of the molecule is O=C(COC(=O)C=Cc1cccs1)Nc1ccccc1. The summed E-state index contributed by atoms with van der Waals surface area (Å²) in [4.78, 5) is 23.9. The van der Waals surface area contributed by atoms with Crippen LogP contribution in [0.1, 0.15) is 4.88 Å². The molecule has 1 heterocycles. The molecule has 20 heavy (non-hydrogen) atoms. The lowest BCUT2D eigenvalue weighted by Crippen LogP contribution is -2.20. The van der Waals surface area contributed by atoms with Crippen LogP contribution in [0.2, 0.25) is 0 Å². The molecule has 0 atom stereocenters. The molecular weight excluding hydrogens is 274 g/mol. The van der Waals surface area contributed by atoms with Crippen LogP contribution in [0, 0.1) is 0 Å². The average molecular weight is 287 g/mol. The highest BCUT2D eigenvalue weighted by Gasteiger charge is 2.05. The lowest BCUT2D eigenvalue weighted by atomic mass is 10.3. The van der Waals surface area contributed by atoms with Gasteiger partial charge in [-0.05, 0) is 29.7 Å². The molecule has 2 rings (SSSR count). The first kappa shape index (κ1) is 14.0. The third kappa shape index (κ3) is 4.70. The van der Waals surface area contributed by atoms with Gasteiger partial charge in [0.1, 0.15) is 0 Å². The average Bonchev–Trinajstić information content (AvgIpc) is 2.97. The Kier molecular flexibility index (Phi) is 5.08. The van der Waals surface area contributed by atoms with Crippen molar-refractivity contribution in [2.24, 2.45) is 0 Å². The largest absolute Gasteiger partial charge is 0.452 e. The summed E-state index contributed by atoms with van der Waals surface area (Å²) >= 11 is 1.52. The third-order valence-corrected chi connectivity index (χ3v) is 3.17. The summed E-state index contributed by atoms with van der Waals surface area (Å²) in [7, 11) is 0. The Morgan fingerprint density at radius 1 is 1.15 bits per heavy atom. The second-order valence-electron chi connectivity index (χ2n) is 3.87. The van der Waals surface area contributed by atoms with Gasteiger partial charge in [-0.2, -0.15) is 0 Å². The number of rotatable bonds is 5. The van der Waals surface area contributed by atoms with Crippen molar-refractivity contribution in [2.45, 2.75) is 0 Å². The third-order valence-electron chi connectivity index (χ3n) is 2.33. The molecule has 0 saturated heterocycles. The Bertz CT molecular complexity index is 591. The van der Waals surface area contributed by atoms with Gasteiger partial charge in [-0.15, -0.1) is 11.3 Å². The van der Waals surface area contributed by atoms with Gasteiger partial charge in [-0.25, -0.2) is 4.79 Å². The van der Waals surface area contributed by atoms with Crippen LogP contribution < -0.4 is 5.32 Å².